The first-order valence-corrected chi connectivity index (χ1v) is 7.70. The van der Waals surface area contributed by atoms with Crippen LogP contribution in [0.25, 0.3) is 0 Å². The summed E-state index contributed by atoms with van der Waals surface area (Å²) >= 11 is 17.1. The summed E-state index contributed by atoms with van der Waals surface area (Å²) in [5.41, 5.74) is 1.90. The zero-order valence-electron chi connectivity index (χ0n) is 11.6. The SMILES string of the molecule is Cc1cnn(CCCNC(=S)Nc2ccc(Cl)cc2Cl)c1. The molecule has 0 saturated carbocycles. The summed E-state index contributed by atoms with van der Waals surface area (Å²) < 4.78 is 1.92. The van der Waals surface area contributed by atoms with Crippen LogP contribution in [0.15, 0.2) is 30.6 Å². The van der Waals surface area contributed by atoms with Gasteiger partial charge in [-0.2, -0.15) is 5.10 Å². The van der Waals surface area contributed by atoms with E-state index in [0.29, 0.717) is 15.2 Å². The molecule has 0 bridgehead atoms. The van der Waals surface area contributed by atoms with Crippen molar-refractivity contribution in [2.45, 2.75) is 19.9 Å². The molecule has 1 aromatic heterocycles. The molecule has 1 heterocycles. The molecule has 0 aliphatic rings. The number of rotatable bonds is 5. The molecular formula is C14H16Cl2N4S. The Balaban J connectivity index is 1.72. The topological polar surface area (TPSA) is 41.9 Å². The third-order valence-corrected chi connectivity index (χ3v) is 3.59. The third kappa shape index (κ3) is 5.19. The van der Waals surface area contributed by atoms with Gasteiger partial charge in [0, 0.05) is 24.3 Å². The fourth-order valence-corrected chi connectivity index (χ4v) is 2.46. The highest BCUT2D eigenvalue weighted by Gasteiger charge is 2.03. The molecule has 21 heavy (non-hydrogen) atoms. The number of hydrogen-bond donors (Lipinski definition) is 2. The molecule has 112 valence electrons. The lowest BCUT2D eigenvalue weighted by atomic mass is 10.3. The summed E-state index contributed by atoms with van der Waals surface area (Å²) in [7, 11) is 0. The summed E-state index contributed by atoms with van der Waals surface area (Å²) in [6, 6.07) is 5.23. The molecule has 0 amide bonds. The molecule has 2 rings (SSSR count). The van der Waals surface area contributed by atoms with Crippen molar-refractivity contribution >= 4 is 46.2 Å². The lowest BCUT2D eigenvalue weighted by Gasteiger charge is -2.11. The summed E-state index contributed by atoms with van der Waals surface area (Å²) in [5.74, 6) is 0. The monoisotopic (exact) mass is 342 g/mol. The lowest BCUT2D eigenvalue weighted by molar-refractivity contribution is 0.573. The molecule has 0 unspecified atom stereocenters. The van der Waals surface area contributed by atoms with E-state index in [0.717, 1.165) is 30.8 Å². The third-order valence-electron chi connectivity index (χ3n) is 2.79. The van der Waals surface area contributed by atoms with Crippen LogP contribution < -0.4 is 10.6 Å². The van der Waals surface area contributed by atoms with Crippen LogP contribution in [0, 0.1) is 6.92 Å². The predicted molar refractivity (Wildman–Crippen MR) is 92.3 cm³/mol. The number of hydrogen-bond acceptors (Lipinski definition) is 2. The van der Waals surface area contributed by atoms with Crippen LogP contribution in [-0.2, 0) is 6.54 Å². The van der Waals surface area contributed by atoms with Gasteiger partial charge in [-0.15, -0.1) is 0 Å². The van der Waals surface area contributed by atoms with Crippen LogP contribution in [0.1, 0.15) is 12.0 Å². The highest BCUT2D eigenvalue weighted by Crippen LogP contribution is 2.25. The molecule has 0 aliphatic carbocycles. The first-order valence-electron chi connectivity index (χ1n) is 6.53. The van der Waals surface area contributed by atoms with Gasteiger partial charge in [-0.05, 0) is 49.3 Å². The van der Waals surface area contributed by atoms with Crippen LogP contribution >= 0.6 is 35.4 Å². The van der Waals surface area contributed by atoms with Crippen molar-refractivity contribution in [3.8, 4) is 0 Å². The average Bonchev–Trinajstić information content (AvgIpc) is 2.84. The molecule has 2 N–H and O–H groups in total. The van der Waals surface area contributed by atoms with Crippen LogP contribution in [0.5, 0.6) is 0 Å². The minimum Gasteiger partial charge on any atom is -0.362 e. The normalized spacial score (nSPS) is 10.4. The predicted octanol–water partition coefficient (Wildman–Crippen LogP) is 3.88. The zero-order valence-corrected chi connectivity index (χ0v) is 13.9. The average molecular weight is 343 g/mol. The second kappa shape index (κ2) is 7.64. The Morgan fingerprint density at radius 2 is 2.19 bits per heavy atom. The van der Waals surface area contributed by atoms with Crippen LogP contribution in [0.2, 0.25) is 10.0 Å². The summed E-state index contributed by atoms with van der Waals surface area (Å²) in [6.45, 7) is 3.64. The van der Waals surface area contributed by atoms with E-state index in [4.69, 9.17) is 35.4 Å². The van der Waals surface area contributed by atoms with E-state index in [2.05, 4.69) is 15.7 Å². The Morgan fingerprint density at radius 1 is 1.38 bits per heavy atom. The second-order valence-corrected chi connectivity index (χ2v) is 5.89. The molecule has 0 atom stereocenters. The Bertz CT molecular complexity index is 627. The maximum absolute atomic E-state index is 6.07. The molecule has 0 aliphatic heterocycles. The molecule has 0 spiro atoms. The van der Waals surface area contributed by atoms with Crippen LogP contribution in [-0.4, -0.2) is 21.4 Å². The van der Waals surface area contributed by atoms with Gasteiger partial charge in [0.15, 0.2) is 5.11 Å². The fourth-order valence-electron chi connectivity index (χ4n) is 1.79. The van der Waals surface area contributed by atoms with E-state index in [-0.39, 0.29) is 0 Å². The highest BCUT2D eigenvalue weighted by atomic mass is 35.5. The molecule has 0 saturated heterocycles. The van der Waals surface area contributed by atoms with E-state index in [1.807, 2.05) is 24.0 Å². The van der Waals surface area contributed by atoms with Crippen molar-refractivity contribution in [1.29, 1.82) is 0 Å². The van der Waals surface area contributed by atoms with Crippen LogP contribution in [0.4, 0.5) is 5.69 Å². The molecule has 4 nitrogen and oxygen atoms in total. The van der Waals surface area contributed by atoms with Gasteiger partial charge in [-0.3, -0.25) is 4.68 Å². The number of thiocarbonyl (C=S) groups is 1. The zero-order chi connectivity index (χ0) is 15.2. The van der Waals surface area contributed by atoms with Gasteiger partial charge in [0.2, 0.25) is 0 Å². The van der Waals surface area contributed by atoms with Crippen LogP contribution in [0.3, 0.4) is 0 Å². The van der Waals surface area contributed by atoms with Gasteiger partial charge in [0.05, 0.1) is 16.9 Å². The Hall–Kier alpha value is -1.30. The summed E-state index contributed by atoms with van der Waals surface area (Å²) in [4.78, 5) is 0. The van der Waals surface area contributed by atoms with Gasteiger partial charge < -0.3 is 10.6 Å². The Labute approximate surface area is 139 Å². The lowest BCUT2D eigenvalue weighted by Crippen LogP contribution is -2.29. The number of aromatic nitrogens is 2. The molecule has 0 radical (unpaired) electrons. The van der Waals surface area contributed by atoms with E-state index in [1.165, 1.54) is 0 Å². The Morgan fingerprint density at radius 3 is 2.86 bits per heavy atom. The number of nitrogens with one attached hydrogen (secondary N) is 2. The smallest absolute Gasteiger partial charge is 0.170 e. The number of aryl methyl sites for hydroxylation is 2. The molecule has 1 aromatic carbocycles. The van der Waals surface area contributed by atoms with Gasteiger partial charge >= 0.3 is 0 Å². The van der Waals surface area contributed by atoms with Crippen molar-refractivity contribution in [3.63, 3.8) is 0 Å². The maximum atomic E-state index is 6.07. The molecule has 7 heteroatoms. The first-order chi connectivity index (χ1) is 10.0. The maximum Gasteiger partial charge on any atom is 0.170 e. The number of nitrogens with zero attached hydrogens (tertiary/aromatic N) is 2. The van der Waals surface area contributed by atoms with Gasteiger partial charge in [-0.1, -0.05) is 23.2 Å². The standard InChI is InChI=1S/C14H16Cl2N4S/c1-10-8-18-20(9-10)6-2-5-17-14(21)19-13-4-3-11(15)7-12(13)16/h3-4,7-9H,2,5-6H2,1H3,(H2,17,19,21). The van der Waals surface area contributed by atoms with Gasteiger partial charge in [-0.25, -0.2) is 0 Å². The van der Waals surface area contributed by atoms with Gasteiger partial charge in [0.25, 0.3) is 0 Å². The van der Waals surface area contributed by atoms with E-state index in [9.17, 15) is 0 Å². The quantitative estimate of drug-likeness (QED) is 0.639. The molecule has 2 aromatic rings. The van der Waals surface area contributed by atoms with Crippen molar-refractivity contribution < 1.29 is 0 Å². The minimum atomic E-state index is 0.538. The Kier molecular flexibility index (Phi) is 5.85. The second-order valence-electron chi connectivity index (χ2n) is 4.64. The summed E-state index contributed by atoms with van der Waals surface area (Å²) in [5, 5.41) is 12.1. The number of halogens is 2. The van der Waals surface area contributed by atoms with Crippen molar-refractivity contribution in [2.75, 3.05) is 11.9 Å². The minimum absolute atomic E-state index is 0.538. The first kappa shape index (κ1) is 16.1. The largest absolute Gasteiger partial charge is 0.362 e. The number of benzene rings is 1. The highest BCUT2D eigenvalue weighted by molar-refractivity contribution is 7.80. The van der Waals surface area contributed by atoms with E-state index >= 15 is 0 Å². The van der Waals surface area contributed by atoms with Gasteiger partial charge in [0.1, 0.15) is 0 Å². The number of anilines is 1. The molecule has 0 fully saturated rings. The van der Waals surface area contributed by atoms with E-state index in [1.54, 1.807) is 18.2 Å². The van der Waals surface area contributed by atoms with Crippen molar-refractivity contribution in [1.82, 2.24) is 15.1 Å². The van der Waals surface area contributed by atoms with E-state index < -0.39 is 0 Å². The van der Waals surface area contributed by atoms with Crippen molar-refractivity contribution in [3.05, 3.63) is 46.2 Å². The van der Waals surface area contributed by atoms with Crippen molar-refractivity contribution in [2.24, 2.45) is 0 Å². The fraction of sp³-hybridized carbons (Fsp3) is 0.286. The summed E-state index contributed by atoms with van der Waals surface area (Å²) in [6.07, 6.45) is 4.80. The molecular weight excluding hydrogens is 327 g/mol.